The summed E-state index contributed by atoms with van der Waals surface area (Å²) < 4.78 is 1.96. The lowest BCUT2D eigenvalue weighted by atomic mass is 10.2. The number of hydrogen-bond acceptors (Lipinski definition) is 4. The molecule has 1 amide bonds. The van der Waals surface area contributed by atoms with Crippen LogP contribution in [0.2, 0.25) is 0 Å². The third-order valence-electron chi connectivity index (χ3n) is 4.69. The van der Waals surface area contributed by atoms with Gasteiger partial charge >= 0.3 is 0 Å². The van der Waals surface area contributed by atoms with E-state index in [1.165, 1.54) is 12.8 Å². The van der Waals surface area contributed by atoms with Gasteiger partial charge in [-0.25, -0.2) is 4.68 Å². The smallest absolute Gasteiger partial charge is 0.255 e. The molecule has 5 nitrogen and oxygen atoms in total. The lowest BCUT2D eigenvalue weighted by molar-refractivity contribution is 0.0783. The standard InChI is InChI=1S/C17H20N4OS/c1-23-16-5-3-2-4-14(16)17(22)20-9-8-13(10-20)21-11-15(18-19-21)12-6-7-12/h2-5,11-13H,6-10H2,1H3. The van der Waals surface area contributed by atoms with E-state index in [9.17, 15) is 4.79 Å². The van der Waals surface area contributed by atoms with Gasteiger partial charge in [0.1, 0.15) is 0 Å². The van der Waals surface area contributed by atoms with Crippen LogP contribution in [0.1, 0.15) is 47.3 Å². The van der Waals surface area contributed by atoms with Crippen molar-refractivity contribution in [3.05, 3.63) is 41.7 Å². The van der Waals surface area contributed by atoms with Gasteiger partial charge in [0.15, 0.2) is 0 Å². The molecular weight excluding hydrogens is 308 g/mol. The second kappa shape index (κ2) is 6.00. The number of likely N-dealkylation sites (tertiary alicyclic amines) is 1. The number of thioether (sulfide) groups is 1. The molecule has 1 saturated heterocycles. The van der Waals surface area contributed by atoms with Crippen molar-refractivity contribution in [2.24, 2.45) is 0 Å². The molecule has 1 aromatic heterocycles. The van der Waals surface area contributed by atoms with E-state index in [1.54, 1.807) is 11.8 Å². The molecule has 2 aromatic rings. The third-order valence-corrected chi connectivity index (χ3v) is 5.48. The summed E-state index contributed by atoms with van der Waals surface area (Å²) in [6.07, 6.45) is 7.50. The van der Waals surface area contributed by atoms with Crippen LogP contribution in [0.5, 0.6) is 0 Å². The van der Waals surface area contributed by atoms with Gasteiger partial charge < -0.3 is 4.90 Å². The molecule has 1 unspecified atom stereocenters. The SMILES string of the molecule is CSc1ccccc1C(=O)N1CCC(n2cc(C3CC3)nn2)C1. The Labute approximate surface area is 140 Å². The average molecular weight is 328 g/mol. The van der Waals surface area contributed by atoms with Crippen LogP contribution in [-0.4, -0.2) is 45.1 Å². The van der Waals surface area contributed by atoms with Crippen LogP contribution >= 0.6 is 11.8 Å². The Bertz CT molecular complexity index is 725. The maximum absolute atomic E-state index is 12.8. The van der Waals surface area contributed by atoms with Gasteiger partial charge in [0, 0.05) is 30.1 Å². The highest BCUT2D eigenvalue weighted by Gasteiger charge is 2.31. The lowest BCUT2D eigenvalue weighted by Crippen LogP contribution is -2.29. The Morgan fingerprint density at radius 3 is 2.87 bits per heavy atom. The van der Waals surface area contributed by atoms with E-state index < -0.39 is 0 Å². The fraction of sp³-hybridized carbons (Fsp3) is 0.471. The van der Waals surface area contributed by atoms with E-state index in [0.29, 0.717) is 5.92 Å². The maximum atomic E-state index is 12.8. The van der Waals surface area contributed by atoms with Gasteiger partial charge in [0.2, 0.25) is 0 Å². The Kier molecular flexibility index (Phi) is 3.85. The zero-order valence-corrected chi connectivity index (χ0v) is 14.0. The molecular formula is C17H20N4OS. The molecule has 6 heteroatoms. The fourth-order valence-corrected chi connectivity index (χ4v) is 3.76. The lowest BCUT2D eigenvalue weighted by Gasteiger charge is -2.18. The van der Waals surface area contributed by atoms with Crippen molar-refractivity contribution in [1.29, 1.82) is 0 Å². The quantitative estimate of drug-likeness (QED) is 0.810. The minimum Gasteiger partial charge on any atom is -0.336 e. The van der Waals surface area contributed by atoms with Crippen molar-refractivity contribution >= 4 is 17.7 Å². The third kappa shape index (κ3) is 2.87. The molecule has 1 saturated carbocycles. The molecule has 23 heavy (non-hydrogen) atoms. The minimum absolute atomic E-state index is 0.125. The van der Waals surface area contributed by atoms with Gasteiger partial charge in [-0.3, -0.25) is 4.79 Å². The summed E-state index contributed by atoms with van der Waals surface area (Å²) in [4.78, 5) is 15.8. The number of rotatable bonds is 4. The molecule has 1 aliphatic carbocycles. The molecule has 120 valence electrons. The Hall–Kier alpha value is -1.82. The number of aromatic nitrogens is 3. The first-order chi connectivity index (χ1) is 11.3. The van der Waals surface area contributed by atoms with Crippen molar-refractivity contribution in [2.75, 3.05) is 19.3 Å². The molecule has 1 aromatic carbocycles. The van der Waals surface area contributed by atoms with E-state index in [4.69, 9.17) is 0 Å². The monoisotopic (exact) mass is 328 g/mol. The van der Waals surface area contributed by atoms with Crippen LogP contribution in [0.25, 0.3) is 0 Å². The van der Waals surface area contributed by atoms with Crippen LogP contribution in [0.3, 0.4) is 0 Å². The van der Waals surface area contributed by atoms with Gasteiger partial charge in [-0.15, -0.1) is 16.9 Å². The molecule has 2 heterocycles. The Balaban J connectivity index is 1.47. The summed E-state index contributed by atoms with van der Waals surface area (Å²) >= 11 is 1.62. The molecule has 2 aliphatic rings. The summed E-state index contributed by atoms with van der Waals surface area (Å²) in [6, 6.07) is 8.08. The molecule has 1 atom stereocenters. The van der Waals surface area contributed by atoms with Crippen LogP contribution in [-0.2, 0) is 0 Å². The Morgan fingerprint density at radius 1 is 1.26 bits per heavy atom. The molecule has 1 aliphatic heterocycles. The van der Waals surface area contributed by atoms with Crippen molar-refractivity contribution in [2.45, 2.75) is 36.1 Å². The van der Waals surface area contributed by atoms with Crippen molar-refractivity contribution in [1.82, 2.24) is 19.9 Å². The molecule has 0 N–H and O–H groups in total. The molecule has 0 radical (unpaired) electrons. The largest absolute Gasteiger partial charge is 0.336 e. The van der Waals surface area contributed by atoms with E-state index in [2.05, 4.69) is 16.5 Å². The highest BCUT2D eigenvalue weighted by atomic mass is 32.2. The Morgan fingerprint density at radius 2 is 2.09 bits per heavy atom. The van der Waals surface area contributed by atoms with Gasteiger partial charge in [0.25, 0.3) is 5.91 Å². The first kappa shape index (κ1) is 14.8. The number of amides is 1. The second-order valence-electron chi connectivity index (χ2n) is 6.29. The van der Waals surface area contributed by atoms with E-state index in [1.807, 2.05) is 40.1 Å². The molecule has 0 bridgehead atoms. The van der Waals surface area contributed by atoms with Crippen LogP contribution in [0, 0.1) is 0 Å². The van der Waals surface area contributed by atoms with E-state index in [0.717, 1.165) is 35.7 Å². The first-order valence-corrected chi connectivity index (χ1v) is 9.33. The topological polar surface area (TPSA) is 51.0 Å². The fourth-order valence-electron chi connectivity index (χ4n) is 3.17. The predicted octanol–water partition coefficient (Wildman–Crippen LogP) is 2.96. The van der Waals surface area contributed by atoms with Crippen LogP contribution in [0.15, 0.2) is 35.4 Å². The number of carbonyl (C=O) groups is 1. The maximum Gasteiger partial charge on any atom is 0.255 e. The zero-order chi connectivity index (χ0) is 15.8. The minimum atomic E-state index is 0.125. The average Bonchev–Trinajstić information content (AvgIpc) is 3.13. The summed E-state index contributed by atoms with van der Waals surface area (Å²) in [5, 5.41) is 8.57. The zero-order valence-electron chi connectivity index (χ0n) is 13.2. The van der Waals surface area contributed by atoms with Gasteiger partial charge in [-0.05, 0) is 37.7 Å². The number of nitrogens with zero attached hydrogens (tertiary/aromatic N) is 4. The van der Waals surface area contributed by atoms with Crippen molar-refractivity contribution in [3.8, 4) is 0 Å². The number of carbonyl (C=O) groups excluding carboxylic acids is 1. The van der Waals surface area contributed by atoms with E-state index in [-0.39, 0.29) is 11.9 Å². The predicted molar refractivity (Wildman–Crippen MR) is 89.8 cm³/mol. The van der Waals surface area contributed by atoms with Crippen molar-refractivity contribution < 1.29 is 4.79 Å². The molecule has 0 spiro atoms. The van der Waals surface area contributed by atoms with E-state index >= 15 is 0 Å². The van der Waals surface area contributed by atoms with Gasteiger partial charge in [-0.1, -0.05) is 17.3 Å². The number of benzene rings is 1. The summed E-state index contributed by atoms with van der Waals surface area (Å²) in [7, 11) is 0. The molecule has 2 fully saturated rings. The summed E-state index contributed by atoms with van der Waals surface area (Å²) in [5.41, 5.74) is 1.92. The highest BCUT2D eigenvalue weighted by molar-refractivity contribution is 7.98. The summed E-state index contributed by atoms with van der Waals surface area (Å²) in [5.74, 6) is 0.747. The van der Waals surface area contributed by atoms with Gasteiger partial charge in [-0.2, -0.15) is 0 Å². The normalized spacial score (nSPS) is 20.9. The first-order valence-electron chi connectivity index (χ1n) is 8.10. The summed E-state index contributed by atoms with van der Waals surface area (Å²) in [6.45, 7) is 1.50. The molecule has 4 rings (SSSR count). The van der Waals surface area contributed by atoms with Crippen LogP contribution < -0.4 is 0 Å². The highest BCUT2D eigenvalue weighted by Crippen LogP contribution is 2.39. The van der Waals surface area contributed by atoms with Gasteiger partial charge in [0.05, 0.1) is 17.3 Å². The van der Waals surface area contributed by atoms with Crippen molar-refractivity contribution in [3.63, 3.8) is 0 Å². The second-order valence-corrected chi connectivity index (χ2v) is 7.14. The number of hydrogen-bond donors (Lipinski definition) is 0. The van der Waals surface area contributed by atoms with Crippen LogP contribution in [0.4, 0.5) is 0 Å².